The fourth-order valence-corrected chi connectivity index (χ4v) is 15.3. The number of halogens is 2. The molecule has 614 valence electrons. The van der Waals surface area contributed by atoms with Crippen molar-refractivity contribution in [1.29, 1.82) is 10.5 Å². The number of para-hydroxylation sites is 3. The van der Waals surface area contributed by atoms with Gasteiger partial charge in [-0.2, -0.15) is 62.2 Å². The molecule has 3 aliphatic heterocycles. The second kappa shape index (κ2) is 40.2. The number of H-pyrrole nitrogens is 3. The molecule has 0 spiro atoms. The van der Waals surface area contributed by atoms with E-state index in [-0.39, 0.29) is 58.0 Å². The molecule has 9 heterocycles. The SMILES string of the molecule is CC(C)(O)C#N.Cc1cccc(OCC(C)C)c1-n1nc2c(c1-c1ccc3[nH]ccc3c1)CN(C(C)(C)C#N)CC2.Cc1cccc(OCC(C)C)c1-n1nc2c(c1-c1ccc3[nH]ccc3c1)CN(C(C)(C)c1ccccc1)CC2.Cc1cccc(OCC(C)C)c1-n1nc2c(c1-c1ccc3[nH]ccc3c1)CNCC2.Cl.[Br-].[Mg+2].[c-]1ccccc1. The summed E-state index contributed by atoms with van der Waals surface area (Å²) in [6.45, 7) is 38.1. The average Bonchev–Trinajstić information content (AvgIpc) is 1.61. The van der Waals surface area contributed by atoms with Crippen molar-refractivity contribution in [2.75, 3.05) is 39.5 Å². The molecular formula is C98H112BrClMgN14O4. The van der Waals surface area contributed by atoms with E-state index in [1.54, 1.807) is 6.07 Å². The Balaban J connectivity index is 0.000000174. The van der Waals surface area contributed by atoms with Crippen LogP contribution in [-0.2, 0) is 44.4 Å². The maximum absolute atomic E-state index is 9.80. The topological polar surface area (TPSA) is 215 Å². The van der Waals surface area contributed by atoms with Crippen molar-refractivity contribution in [3.05, 3.63) is 269 Å². The number of aromatic amines is 3. The summed E-state index contributed by atoms with van der Waals surface area (Å²) in [6.07, 6.45) is 8.62. The molecule has 21 heteroatoms. The van der Waals surface area contributed by atoms with E-state index in [1.807, 2.05) is 74.9 Å². The van der Waals surface area contributed by atoms with E-state index in [1.165, 1.54) is 69.4 Å². The molecule has 18 nitrogen and oxygen atoms in total. The smallest absolute Gasteiger partial charge is 1.00 e. The second-order valence-corrected chi connectivity index (χ2v) is 33.4. The summed E-state index contributed by atoms with van der Waals surface area (Å²) in [4.78, 5) is 14.8. The minimum atomic E-state index is -1.15. The van der Waals surface area contributed by atoms with E-state index in [2.05, 4.69) is 278 Å². The molecule has 0 atom stereocenters. The Labute approximate surface area is 734 Å². The molecule has 3 aliphatic rings. The number of rotatable bonds is 18. The van der Waals surface area contributed by atoms with Gasteiger partial charge in [0.1, 0.15) is 45.5 Å². The molecule has 0 saturated carbocycles. The van der Waals surface area contributed by atoms with E-state index in [9.17, 15) is 5.26 Å². The third-order valence-electron chi connectivity index (χ3n) is 21.6. The van der Waals surface area contributed by atoms with Crippen LogP contribution in [0.25, 0.3) is 83.5 Å². The van der Waals surface area contributed by atoms with Crippen LogP contribution in [0.5, 0.6) is 17.2 Å². The van der Waals surface area contributed by atoms with Crippen molar-refractivity contribution in [3.8, 4) is 80.2 Å². The van der Waals surface area contributed by atoms with Crippen molar-refractivity contribution in [3.63, 3.8) is 0 Å². The fraction of sp³-hybridized carbons (Fsp3) is 0.337. The van der Waals surface area contributed by atoms with E-state index >= 15 is 0 Å². The molecule has 119 heavy (non-hydrogen) atoms. The Hall–Kier alpha value is -10.2. The molecule has 0 unspecified atom stereocenters. The van der Waals surface area contributed by atoms with Crippen LogP contribution in [0.15, 0.2) is 207 Å². The molecule has 8 aromatic carbocycles. The van der Waals surface area contributed by atoms with Gasteiger partial charge in [-0.25, -0.2) is 14.0 Å². The average molecular weight is 1690 g/mol. The quantitative estimate of drug-likeness (QED) is 0.0308. The molecule has 6 aromatic heterocycles. The number of nitriles is 2. The Morgan fingerprint density at radius 2 is 0.840 bits per heavy atom. The van der Waals surface area contributed by atoms with Crippen LogP contribution in [0, 0.1) is 67.3 Å². The van der Waals surface area contributed by atoms with E-state index in [0.717, 1.165) is 153 Å². The molecule has 0 aliphatic carbocycles. The van der Waals surface area contributed by atoms with Gasteiger partial charge < -0.3 is 56.6 Å². The predicted octanol–water partition coefficient (Wildman–Crippen LogP) is 17.5. The first kappa shape index (κ1) is 91.1. The second-order valence-electron chi connectivity index (χ2n) is 33.4. The van der Waals surface area contributed by atoms with Crippen LogP contribution in [-0.4, -0.2) is 133 Å². The van der Waals surface area contributed by atoms with Gasteiger partial charge >= 0.3 is 23.1 Å². The van der Waals surface area contributed by atoms with Crippen molar-refractivity contribution in [2.24, 2.45) is 17.8 Å². The van der Waals surface area contributed by atoms with Gasteiger partial charge in [0.05, 0.1) is 66.1 Å². The Kier molecular flexibility index (Phi) is 30.8. The van der Waals surface area contributed by atoms with Gasteiger partial charge in [0.25, 0.3) is 0 Å². The number of nitrogens with one attached hydrogen (secondary N) is 4. The zero-order valence-corrected chi connectivity index (χ0v) is 75.3. The Morgan fingerprint density at radius 1 is 0.471 bits per heavy atom. The van der Waals surface area contributed by atoms with Crippen molar-refractivity contribution >= 4 is 68.2 Å². The Bertz CT molecular complexity index is 5770. The van der Waals surface area contributed by atoms with Crippen LogP contribution in [0.2, 0.25) is 0 Å². The van der Waals surface area contributed by atoms with Crippen LogP contribution in [0.3, 0.4) is 0 Å². The van der Waals surface area contributed by atoms with Gasteiger partial charge in [-0.15, -0.1) is 12.4 Å². The standard InChI is InChI=1S/C34H38N4O.C29H33N5O.C25H28N4O.C6H5.C4H7NO.BrH.ClH.Mg/c1-23(2)22-39-31-13-9-10-24(3)32(31)38-33(26-14-15-29-25(20-26)16-18-35-29)28-21-37(19-17-30(28)36-38)34(4,5)27-11-7-6-8-12-27;1-19(2)17-35-26-8-6-7-20(3)27(26)34-28(22-9-10-24-21(15-22)11-13-31-24)23-16-33(29(4,5)18-30)14-12-25(23)32-34;1-16(2)15-30-23-6-4-5-17(3)24(23)29-25(20-14-26-11-10-22(20)28-29)19-7-8-21-18(13-19)9-12-27-21;1-2-4-6-5-3-1;1-4(2,6)3-5;;;/h6-16,18,20,23,35H,17,19,21-22H2,1-5H3;6-11,13,15,19,31H,12,14,16-17H2,1-5H3;4-9,12-13,16,26-27H,10-11,14-15H2,1-3H3;1-5H;6H,1-2H3;2*1H;/q;;;-1;;;;+2/p-1. The van der Waals surface area contributed by atoms with Crippen molar-refractivity contribution in [2.45, 2.75) is 159 Å². The van der Waals surface area contributed by atoms with E-state index in [4.69, 9.17) is 39.9 Å². The summed E-state index contributed by atoms with van der Waals surface area (Å²) in [5.41, 5.74) is 23.5. The molecule has 0 radical (unpaired) electrons. The minimum absolute atomic E-state index is 0. The summed E-state index contributed by atoms with van der Waals surface area (Å²) in [6, 6.07) is 72.4. The number of ether oxygens (including phenoxy) is 3. The number of benzene rings is 8. The molecule has 0 fully saturated rings. The number of aliphatic hydroxyl groups is 1. The van der Waals surface area contributed by atoms with Crippen molar-refractivity contribution < 1.29 is 36.3 Å². The van der Waals surface area contributed by atoms with Crippen molar-refractivity contribution in [1.82, 2.24) is 59.4 Å². The number of nitrogens with zero attached hydrogens (tertiary/aromatic N) is 10. The molecule has 0 amide bonds. The normalized spacial score (nSPS) is 13.3. The van der Waals surface area contributed by atoms with Gasteiger partial charge in [-0.1, -0.05) is 126 Å². The largest absolute Gasteiger partial charge is 2.00 e. The molecule has 5 N–H and O–H groups in total. The van der Waals surface area contributed by atoms with Gasteiger partial charge in [0.15, 0.2) is 0 Å². The van der Waals surface area contributed by atoms with Gasteiger partial charge in [0.2, 0.25) is 0 Å². The van der Waals surface area contributed by atoms with E-state index in [0.29, 0.717) is 44.1 Å². The summed E-state index contributed by atoms with van der Waals surface area (Å²) in [5.74, 6) is 3.94. The summed E-state index contributed by atoms with van der Waals surface area (Å²) < 4.78 is 25.3. The number of aryl methyl sites for hydroxylation is 3. The third kappa shape index (κ3) is 21.1. The first-order chi connectivity index (χ1) is 55.8. The first-order valence-corrected chi connectivity index (χ1v) is 40.7. The number of fused-ring (bicyclic) bond motifs is 6. The van der Waals surface area contributed by atoms with Gasteiger partial charge in [-0.05, 0) is 175 Å². The maximum Gasteiger partial charge on any atom is 2.00 e. The molecule has 14 aromatic rings. The molecule has 17 rings (SSSR count). The zero-order chi connectivity index (χ0) is 82.0. The number of hydrogen-bond donors (Lipinski definition) is 5. The number of aromatic nitrogens is 9. The van der Waals surface area contributed by atoms with Crippen LogP contribution in [0.4, 0.5) is 0 Å². The molecular weight excluding hydrogens is 1580 g/mol. The monoisotopic (exact) mass is 1690 g/mol. The van der Waals surface area contributed by atoms with Crippen LogP contribution >= 0.6 is 12.4 Å². The van der Waals surface area contributed by atoms with Crippen LogP contribution in [0.1, 0.15) is 139 Å². The maximum atomic E-state index is 9.80. The number of hydrogen-bond acceptors (Lipinski definition) is 12. The zero-order valence-electron chi connectivity index (χ0n) is 71.5. The minimum Gasteiger partial charge on any atom is -1.00 e. The van der Waals surface area contributed by atoms with Gasteiger partial charge in [0, 0.05) is 149 Å². The predicted molar refractivity (Wildman–Crippen MR) is 481 cm³/mol. The van der Waals surface area contributed by atoms with E-state index < -0.39 is 11.1 Å². The third-order valence-corrected chi connectivity index (χ3v) is 21.6. The summed E-state index contributed by atoms with van der Waals surface area (Å²) in [7, 11) is 0. The fourth-order valence-electron chi connectivity index (χ4n) is 15.3. The summed E-state index contributed by atoms with van der Waals surface area (Å²) >= 11 is 0. The van der Waals surface area contributed by atoms with Crippen LogP contribution < -0.4 is 36.5 Å². The molecule has 0 bridgehead atoms. The van der Waals surface area contributed by atoms with Gasteiger partial charge in [-0.3, -0.25) is 9.80 Å². The Morgan fingerprint density at radius 3 is 1.20 bits per heavy atom. The summed E-state index contributed by atoms with van der Waals surface area (Å²) in [5, 5.41) is 48.9. The first-order valence-electron chi connectivity index (χ1n) is 40.7. The molecule has 0 saturated heterocycles.